The van der Waals surface area contributed by atoms with Crippen LogP contribution in [0.15, 0.2) is 12.1 Å². The summed E-state index contributed by atoms with van der Waals surface area (Å²) in [6.45, 7) is 1.94. The van der Waals surface area contributed by atoms with Crippen LogP contribution < -0.4 is 11.1 Å². The largest absolute Gasteiger partial charge is 0.465 e. The molecule has 1 saturated carbocycles. The molecule has 0 heterocycles. The van der Waals surface area contributed by atoms with Gasteiger partial charge in [0.15, 0.2) is 0 Å². The molecule has 3 N–H and O–H groups in total. The Kier molecular flexibility index (Phi) is 5.09. The Morgan fingerprint density at radius 3 is 2.90 bits per heavy atom. The number of benzene rings is 1. The van der Waals surface area contributed by atoms with E-state index in [0.29, 0.717) is 35.1 Å². The fraction of sp³-hybridized carbons (Fsp3) is 0.500. The number of anilines is 2. The number of hydrogen-bond acceptors (Lipinski definition) is 5. The van der Waals surface area contributed by atoms with Gasteiger partial charge in [-0.3, -0.25) is 0 Å². The highest BCUT2D eigenvalue weighted by molar-refractivity contribution is 6.34. The Morgan fingerprint density at radius 1 is 1.50 bits per heavy atom. The van der Waals surface area contributed by atoms with Gasteiger partial charge < -0.3 is 20.5 Å². The quantitative estimate of drug-likeness (QED) is 0.460. The third-order valence-corrected chi connectivity index (χ3v) is 3.41. The normalized spacial score (nSPS) is 14.1. The maximum absolute atomic E-state index is 11.7. The lowest BCUT2D eigenvalue weighted by atomic mass is 10.1. The van der Waals surface area contributed by atoms with Gasteiger partial charge in [-0.2, -0.15) is 0 Å². The molecule has 0 atom stereocenters. The minimum Gasteiger partial charge on any atom is -0.465 e. The van der Waals surface area contributed by atoms with E-state index in [1.807, 2.05) is 0 Å². The molecule has 110 valence electrons. The molecule has 5 nitrogen and oxygen atoms in total. The molecular weight excluding hydrogens is 280 g/mol. The van der Waals surface area contributed by atoms with Crippen LogP contribution in [0.3, 0.4) is 0 Å². The summed E-state index contributed by atoms with van der Waals surface area (Å²) in [5.41, 5.74) is 6.98. The molecule has 0 radical (unpaired) electrons. The minimum atomic E-state index is -0.472. The zero-order valence-corrected chi connectivity index (χ0v) is 12.2. The van der Waals surface area contributed by atoms with Gasteiger partial charge in [0.05, 0.1) is 30.0 Å². The highest BCUT2D eigenvalue weighted by Crippen LogP contribution is 2.30. The Morgan fingerprint density at radius 2 is 2.25 bits per heavy atom. The van der Waals surface area contributed by atoms with Crippen LogP contribution in [0.4, 0.5) is 11.4 Å². The summed E-state index contributed by atoms with van der Waals surface area (Å²) in [5.74, 6) is 0.265. The van der Waals surface area contributed by atoms with Crippen LogP contribution in [-0.2, 0) is 9.47 Å². The summed E-state index contributed by atoms with van der Waals surface area (Å²) >= 11 is 6.12. The number of nitrogen functional groups attached to an aromatic ring is 1. The first-order valence-corrected chi connectivity index (χ1v) is 6.98. The molecule has 0 bridgehead atoms. The molecule has 1 aromatic carbocycles. The summed E-state index contributed by atoms with van der Waals surface area (Å²) in [4.78, 5) is 11.7. The maximum Gasteiger partial charge on any atom is 0.340 e. The average molecular weight is 299 g/mol. The topological polar surface area (TPSA) is 73.6 Å². The molecule has 0 aliphatic heterocycles. The van der Waals surface area contributed by atoms with Crippen LogP contribution in [0.1, 0.15) is 23.2 Å². The summed E-state index contributed by atoms with van der Waals surface area (Å²) < 4.78 is 10.3. The lowest BCUT2D eigenvalue weighted by molar-refractivity contribution is 0.0601. The highest BCUT2D eigenvalue weighted by Gasteiger charge is 2.21. The highest BCUT2D eigenvalue weighted by atomic mass is 35.5. The van der Waals surface area contributed by atoms with Crippen molar-refractivity contribution in [3.8, 4) is 0 Å². The van der Waals surface area contributed by atoms with Crippen LogP contribution in [0.2, 0.25) is 5.02 Å². The van der Waals surface area contributed by atoms with Crippen molar-refractivity contribution >= 4 is 28.9 Å². The predicted octanol–water partition coefficient (Wildman–Crippen LogP) is 2.55. The maximum atomic E-state index is 11.7. The van der Waals surface area contributed by atoms with Crippen molar-refractivity contribution in [1.29, 1.82) is 0 Å². The van der Waals surface area contributed by atoms with Crippen LogP contribution in [0, 0.1) is 5.92 Å². The number of nitrogens with one attached hydrogen (secondary N) is 1. The van der Waals surface area contributed by atoms with Gasteiger partial charge in [0, 0.05) is 18.8 Å². The van der Waals surface area contributed by atoms with E-state index in [-0.39, 0.29) is 0 Å². The van der Waals surface area contributed by atoms with E-state index in [1.54, 1.807) is 12.1 Å². The minimum absolute atomic E-state index is 0.333. The molecule has 1 aliphatic rings. The van der Waals surface area contributed by atoms with E-state index < -0.39 is 5.97 Å². The van der Waals surface area contributed by atoms with Gasteiger partial charge in [-0.05, 0) is 30.9 Å². The number of esters is 1. The molecule has 20 heavy (non-hydrogen) atoms. The SMILES string of the molecule is COC(=O)c1cc(N)cc(Cl)c1NCCOCC1CC1. The first kappa shape index (κ1) is 14.9. The number of ether oxygens (including phenoxy) is 2. The van der Waals surface area contributed by atoms with Gasteiger partial charge in [-0.1, -0.05) is 11.6 Å². The molecule has 0 amide bonds. The molecule has 1 aromatic rings. The third kappa shape index (κ3) is 4.02. The van der Waals surface area contributed by atoms with Crippen molar-refractivity contribution in [2.24, 2.45) is 5.92 Å². The number of methoxy groups -OCH3 is 1. The number of carbonyl (C=O) groups excluding carboxylic acids is 1. The smallest absolute Gasteiger partial charge is 0.340 e. The number of hydrogen-bond donors (Lipinski definition) is 2. The van der Waals surface area contributed by atoms with E-state index in [0.717, 1.165) is 12.5 Å². The van der Waals surface area contributed by atoms with Crippen molar-refractivity contribution in [1.82, 2.24) is 0 Å². The summed E-state index contributed by atoms with van der Waals surface area (Å²) in [7, 11) is 1.32. The lowest BCUT2D eigenvalue weighted by Crippen LogP contribution is -2.14. The van der Waals surface area contributed by atoms with Crippen LogP contribution in [-0.4, -0.2) is 32.8 Å². The molecule has 1 fully saturated rings. The Hall–Kier alpha value is -1.46. The zero-order valence-electron chi connectivity index (χ0n) is 11.4. The molecule has 1 aliphatic carbocycles. The van der Waals surface area contributed by atoms with Crippen LogP contribution in [0.25, 0.3) is 0 Å². The van der Waals surface area contributed by atoms with Crippen molar-refractivity contribution in [3.05, 3.63) is 22.7 Å². The second-order valence-corrected chi connectivity index (χ2v) is 5.27. The van der Waals surface area contributed by atoms with E-state index >= 15 is 0 Å². The van der Waals surface area contributed by atoms with E-state index in [2.05, 4.69) is 5.32 Å². The fourth-order valence-electron chi connectivity index (χ4n) is 1.86. The van der Waals surface area contributed by atoms with Gasteiger partial charge in [-0.25, -0.2) is 4.79 Å². The summed E-state index contributed by atoms with van der Waals surface area (Å²) in [6.07, 6.45) is 2.54. The summed E-state index contributed by atoms with van der Waals surface area (Å²) in [5, 5.41) is 3.50. The van der Waals surface area contributed by atoms with E-state index in [9.17, 15) is 4.79 Å². The van der Waals surface area contributed by atoms with Crippen molar-refractivity contribution in [2.75, 3.05) is 37.9 Å². The Balaban J connectivity index is 1.95. The lowest BCUT2D eigenvalue weighted by Gasteiger charge is -2.13. The number of nitrogens with two attached hydrogens (primary N) is 1. The number of rotatable bonds is 7. The molecule has 0 unspecified atom stereocenters. The van der Waals surface area contributed by atoms with Gasteiger partial charge in [0.25, 0.3) is 0 Å². The summed E-state index contributed by atoms with van der Waals surface area (Å²) in [6, 6.07) is 3.15. The predicted molar refractivity (Wildman–Crippen MR) is 79.2 cm³/mol. The van der Waals surface area contributed by atoms with E-state index in [1.165, 1.54) is 20.0 Å². The fourth-order valence-corrected chi connectivity index (χ4v) is 2.16. The van der Waals surface area contributed by atoms with Gasteiger partial charge in [0.2, 0.25) is 0 Å². The van der Waals surface area contributed by atoms with Crippen molar-refractivity contribution in [3.63, 3.8) is 0 Å². The zero-order chi connectivity index (χ0) is 14.5. The standard InChI is InChI=1S/C14H19ClN2O3/c1-19-14(18)11-6-10(16)7-12(15)13(11)17-4-5-20-8-9-2-3-9/h6-7,9,17H,2-5,8,16H2,1H3. The monoisotopic (exact) mass is 298 g/mol. The molecule has 0 saturated heterocycles. The first-order chi connectivity index (χ1) is 9.61. The van der Waals surface area contributed by atoms with E-state index in [4.69, 9.17) is 26.8 Å². The van der Waals surface area contributed by atoms with Gasteiger partial charge in [0.1, 0.15) is 0 Å². The number of halogens is 1. The molecule has 0 aromatic heterocycles. The third-order valence-electron chi connectivity index (χ3n) is 3.12. The average Bonchev–Trinajstić information content (AvgIpc) is 3.23. The molecule has 6 heteroatoms. The number of carbonyl (C=O) groups is 1. The molecular formula is C14H19ClN2O3. The molecule has 2 rings (SSSR count). The first-order valence-electron chi connectivity index (χ1n) is 6.60. The van der Waals surface area contributed by atoms with Crippen molar-refractivity contribution in [2.45, 2.75) is 12.8 Å². The second-order valence-electron chi connectivity index (χ2n) is 4.86. The van der Waals surface area contributed by atoms with Crippen LogP contribution >= 0.6 is 11.6 Å². The van der Waals surface area contributed by atoms with Crippen LogP contribution in [0.5, 0.6) is 0 Å². The van der Waals surface area contributed by atoms with Gasteiger partial charge in [-0.15, -0.1) is 0 Å². The van der Waals surface area contributed by atoms with Crippen molar-refractivity contribution < 1.29 is 14.3 Å². The Bertz CT molecular complexity index is 490. The van der Waals surface area contributed by atoms with Gasteiger partial charge >= 0.3 is 5.97 Å². The molecule has 0 spiro atoms. The Labute approximate surface area is 123 Å². The second kappa shape index (κ2) is 6.81.